The van der Waals surface area contributed by atoms with Gasteiger partial charge in [-0.05, 0) is 57.8 Å². The summed E-state index contributed by atoms with van der Waals surface area (Å²) in [5.74, 6) is -1.06. The molecule has 0 spiro atoms. The van der Waals surface area contributed by atoms with E-state index in [1.807, 2.05) is 34.6 Å². The molecule has 20 heavy (non-hydrogen) atoms. The average Bonchev–Trinajstić information content (AvgIpc) is 2.47. The third-order valence-corrected chi connectivity index (χ3v) is 4.41. The van der Waals surface area contributed by atoms with Gasteiger partial charge in [-0.1, -0.05) is 11.6 Å². The van der Waals surface area contributed by atoms with Crippen LogP contribution in [0.15, 0.2) is 12.1 Å². The zero-order valence-electron chi connectivity index (χ0n) is 12.3. The van der Waals surface area contributed by atoms with Gasteiger partial charge in [-0.25, -0.2) is 4.79 Å². The van der Waals surface area contributed by atoms with Crippen molar-refractivity contribution < 1.29 is 19.2 Å². The van der Waals surface area contributed by atoms with Crippen molar-refractivity contribution in [2.75, 3.05) is 0 Å². The van der Waals surface area contributed by atoms with Gasteiger partial charge in [0.1, 0.15) is 0 Å². The molecule has 1 saturated heterocycles. The number of carboxylic acid groups (broad SMARTS) is 1. The third kappa shape index (κ3) is 2.46. The molecule has 1 fully saturated rings. The van der Waals surface area contributed by atoms with E-state index in [-0.39, 0.29) is 10.6 Å². The quantitative estimate of drug-likeness (QED) is 0.853. The first-order valence-electron chi connectivity index (χ1n) is 6.44. The number of aryl methyl sites for hydroxylation is 1. The van der Waals surface area contributed by atoms with Crippen molar-refractivity contribution in [3.63, 3.8) is 0 Å². The molecule has 1 aromatic carbocycles. The molecule has 1 heterocycles. The van der Waals surface area contributed by atoms with Crippen LogP contribution < -0.4 is 5.46 Å². The third-order valence-electron chi connectivity index (χ3n) is 4.09. The Labute approximate surface area is 124 Å². The van der Waals surface area contributed by atoms with E-state index in [0.29, 0.717) is 5.46 Å². The van der Waals surface area contributed by atoms with Crippen LogP contribution in [0.2, 0.25) is 5.02 Å². The minimum absolute atomic E-state index is 0.0574. The summed E-state index contributed by atoms with van der Waals surface area (Å²) in [4.78, 5) is 11.2. The lowest BCUT2D eigenvalue weighted by Crippen LogP contribution is -2.41. The topological polar surface area (TPSA) is 55.8 Å². The molecule has 1 aliphatic rings. The average molecular weight is 297 g/mol. The Morgan fingerprint density at radius 1 is 1.20 bits per heavy atom. The molecule has 0 unspecified atom stereocenters. The summed E-state index contributed by atoms with van der Waals surface area (Å²) in [6.07, 6.45) is 0. The first-order valence-corrected chi connectivity index (χ1v) is 6.82. The lowest BCUT2D eigenvalue weighted by atomic mass is 9.75. The van der Waals surface area contributed by atoms with Gasteiger partial charge < -0.3 is 14.4 Å². The van der Waals surface area contributed by atoms with Crippen LogP contribution in [0.25, 0.3) is 0 Å². The number of hydrogen-bond acceptors (Lipinski definition) is 3. The van der Waals surface area contributed by atoms with Crippen LogP contribution in [-0.4, -0.2) is 29.4 Å². The summed E-state index contributed by atoms with van der Waals surface area (Å²) in [6, 6.07) is 3.16. The summed E-state index contributed by atoms with van der Waals surface area (Å²) in [7, 11) is -0.588. The Balaban J connectivity index is 2.45. The van der Waals surface area contributed by atoms with Gasteiger partial charge in [0.15, 0.2) is 0 Å². The Kier molecular flexibility index (Phi) is 3.65. The van der Waals surface area contributed by atoms with Crippen LogP contribution in [0.3, 0.4) is 0 Å². The predicted molar refractivity (Wildman–Crippen MR) is 78.9 cm³/mol. The fourth-order valence-corrected chi connectivity index (χ4v) is 2.38. The molecule has 1 aromatic rings. The molecule has 108 valence electrons. The Bertz CT molecular complexity index is 553. The zero-order chi connectivity index (χ0) is 15.3. The maximum atomic E-state index is 11.2. The van der Waals surface area contributed by atoms with E-state index in [1.54, 1.807) is 6.07 Å². The van der Waals surface area contributed by atoms with E-state index in [0.717, 1.165) is 5.56 Å². The standard InChI is InChI=1S/C14H18BClO4/c1-8-6-11(16)9(12(17)18)7-10(8)15-19-13(2,3)14(4,5)20-15/h6-7H,1-5H3,(H,17,18). The smallest absolute Gasteiger partial charge is 0.478 e. The monoisotopic (exact) mass is 296 g/mol. The van der Waals surface area contributed by atoms with Crippen molar-refractivity contribution in [3.05, 3.63) is 28.3 Å². The number of carbonyl (C=O) groups is 1. The van der Waals surface area contributed by atoms with Gasteiger partial charge >= 0.3 is 13.1 Å². The van der Waals surface area contributed by atoms with Gasteiger partial charge in [0.05, 0.1) is 21.8 Å². The van der Waals surface area contributed by atoms with Crippen LogP contribution in [0.1, 0.15) is 43.6 Å². The second kappa shape index (κ2) is 4.76. The lowest BCUT2D eigenvalue weighted by Gasteiger charge is -2.32. The van der Waals surface area contributed by atoms with E-state index in [1.165, 1.54) is 6.07 Å². The predicted octanol–water partition coefficient (Wildman–Crippen LogP) is 2.65. The van der Waals surface area contributed by atoms with E-state index < -0.39 is 24.3 Å². The van der Waals surface area contributed by atoms with Gasteiger partial charge in [0.2, 0.25) is 0 Å². The molecule has 0 aliphatic carbocycles. The van der Waals surface area contributed by atoms with Crippen molar-refractivity contribution in [1.29, 1.82) is 0 Å². The molecule has 0 saturated carbocycles. The molecule has 1 aliphatic heterocycles. The summed E-state index contributed by atoms with van der Waals surface area (Å²) in [5, 5.41) is 9.38. The van der Waals surface area contributed by atoms with E-state index in [2.05, 4.69) is 0 Å². The number of carboxylic acids is 1. The SMILES string of the molecule is Cc1cc(Cl)c(C(=O)O)cc1B1OC(C)(C)C(C)(C)O1. The molecule has 0 bridgehead atoms. The highest BCUT2D eigenvalue weighted by Gasteiger charge is 2.52. The fraction of sp³-hybridized carbons (Fsp3) is 0.500. The van der Waals surface area contributed by atoms with Crippen molar-refractivity contribution in [3.8, 4) is 0 Å². The van der Waals surface area contributed by atoms with Gasteiger partial charge in [-0.3, -0.25) is 0 Å². The van der Waals surface area contributed by atoms with Crippen molar-refractivity contribution in [2.45, 2.75) is 45.8 Å². The van der Waals surface area contributed by atoms with Crippen molar-refractivity contribution in [1.82, 2.24) is 0 Å². The number of aromatic carboxylic acids is 1. The Hall–Kier alpha value is -1.04. The van der Waals surface area contributed by atoms with Gasteiger partial charge in [-0.2, -0.15) is 0 Å². The van der Waals surface area contributed by atoms with Crippen LogP contribution in [0, 0.1) is 6.92 Å². The number of benzene rings is 1. The molecule has 1 N–H and O–H groups in total. The molecule has 2 rings (SSSR count). The summed E-state index contributed by atoms with van der Waals surface area (Å²) in [6.45, 7) is 9.68. The van der Waals surface area contributed by atoms with Crippen LogP contribution in [0.5, 0.6) is 0 Å². The van der Waals surface area contributed by atoms with Crippen LogP contribution >= 0.6 is 11.6 Å². The summed E-state index contributed by atoms with van der Waals surface area (Å²) >= 11 is 5.95. The first kappa shape index (κ1) is 15.4. The molecule has 0 aromatic heterocycles. The van der Waals surface area contributed by atoms with Crippen molar-refractivity contribution >= 4 is 30.2 Å². The second-order valence-corrected chi connectivity index (χ2v) is 6.49. The molecular formula is C14H18BClO4. The second-order valence-electron chi connectivity index (χ2n) is 6.08. The molecule has 0 amide bonds. The summed E-state index contributed by atoms with van der Waals surface area (Å²) < 4.78 is 11.9. The molecule has 6 heteroatoms. The van der Waals surface area contributed by atoms with Gasteiger partial charge in [0.25, 0.3) is 0 Å². The highest BCUT2D eigenvalue weighted by molar-refractivity contribution is 6.63. The normalized spacial score (nSPS) is 20.2. The Morgan fingerprint density at radius 2 is 1.70 bits per heavy atom. The van der Waals surface area contributed by atoms with E-state index in [9.17, 15) is 4.79 Å². The minimum atomic E-state index is -1.06. The first-order chi connectivity index (χ1) is 9.05. The highest BCUT2D eigenvalue weighted by atomic mass is 35.5. The lowest BCUT2D eigenvalue weighted by molar-refractivity contribution is 0.00578. The fourth-order valence-electron chi connectivity index (χ4n) is 2.08. The maximum absolute atomic E-state index is 11.2. The molecule has 4 nitrogen and oxygen atoms in total. The maximum Gasteiger partial charge on any atom is 0.495 e. The Morgan fingerprint density at radius 3 is 2.15 bits per heavy atom. The molecular weight excluding hydrogens is 278 g/mol. The minimum Gasteiger partial charge on any atom is -0.478 e. The number of hydrogen-bond donors (Lipinski definition) is 1. The molecule has 0 atom stereocenters. The van der Waals surface area contributed by atoms with Gasteiger partial charge in [0, 0.05) is 0 Å². The van der Waals surface area contributed by atoms with E-state index >= 15 is 0 Å². The van der Waals surface area contributed by atoms with Crippen molar-refractivity contribution in [2.24, 2.45) is 0 Å². The summed E-state index contributed by atoms with van der Waals surface area (Å²) in [5.41, 5.74) is 0.672. The molecule has 0 radical (unpaired) electrons. The zero-order valence-corrected chi connectivity index (χ0v) is 13.0. The van der Waals surface area contributed by atoms with E-state index in [4.69, 9.17) is 26.0 Å². The van der Waals surface area contributed by atoms with Crippen LogP contribution in [-0.2, 0) is 9.31 Å². The largest absolute Gasteiger partial charge is 0.495 e. The number of halogens is 1. The highest BCUT2D eigenvalue weighted by Crippen LogP contribution is 2.37. The number of rotatable bonds is 2. The van der Waals surface area contributed by atoms with Gasteiger partial charge in [-0.15, -0.1) is 0 Å². The van der Waals surface area contributed by atoms with Crippen LogP contribution in [0.4, 0.5) is 0 Å².